The molecule has 1 fully saturated rings. The lowest BCUT2D eigenvalue weighted by Crippen LogP contribution is -2.54. The minimum Gasteiger partial charge on any atom is -0.469 e. The number of aromatic nitrogens is 4. The van der Waals surface area contributed by atoms with Crippen molar-refractivity contribution in [2.45, 2.75) is 6.10 Å². The Hall–Kier alpha value is -3.58. The van der Waals surface area contributed by atoms with Crippen molar-refractivity contribution in [3.05, 3.63) is 72.5 Å². The third kappa shape index (κ3) is 3.04. The molecule has 0 aliphatic carbocycles. The van der Waals surface area contributed by atoms with E-state index in [1.54, 1.807) is 23.7 Å². The van der Waals surface area contributed by atoms with Crippen molar-refractivity contribution >= 4 is 38.3 Å². The first kappa shape index (κ1) is 17.3. The quantitative estimate of drug-likeness (QED) is 0.432. The van der Waals surface area contributed by atoms with Gasteiger partial charge in [0, 0.05) is 23.3 Å². The summed E-state index contributed by atoms with van der Waals surface area (Å²) >= 11 is 1.63. The molecule has 0 N–H and O–H groups in total. The van der Waals surface area contributed by atoms with E-state index in [1.165, 1.54) is 0 Å². The fourth-order valence-electron chi connectivity index (χ4n) is 3.70. The van der Waals surface area contributed by atoms with Gasteiger partial charge in [0.2, 0.25) is 5.88 Å². The minimum atomic E-state index is 0.0525. The molecule has 5 aromatic rings. The van der Waals surface area contributed by atoms with E-state index in [1.807, 2.05) is 35.8 Å². The summed E-state index contributed by atoms with van der Waals surface area (Å²) < 4.78 is 7.36. The van der Waals surface area contributed by atoms with E-state index in [4.69, 9.17) is 9.72 Å². The van der Waals surface area contributed by atoms with Crippen LogP contribution in [0.15, 0.2) is 72.5 Å². The van der Waals surface area contributed by atoms with Gasteiger partial charge in [-0.1, -0.05) is 24.3 Å². The van der Waals surface area contributed by atoms with E-state index in [0.29, 0.717) is 5.88 Å². The second-order valence-electron chi connectivity index (χ2n) is 7.25. The van der Waals surface area contributed by atoms with Gasteiger partial charge in [-0.15, -0.1) is 11.3 Å². The highest BCUT2D eigenvalue weighted by Gasteiger charge is 2.31. The predicted molar refractivity (Wildman–Crippen MR) is 119 cm³/mol. The third-order valence-electron chi connectivity index (χ3n) is 5.30. The fourth-order valence-corrected chi connectivity index (χ4v) is 4.36. The van der Waals surface area contributed by atoms with Gasteiger partial charge in [-0.2, -0.15) is 0 Å². The molecule has 0 bridgehead atoms. The van der Waals surface area contributed by atoms with Crippen LogP contribution in [0.3, 0.4) is 0 Å². The molecule has 1 aliphatic heterocycles. The smallest absolute Gasteiger partial charge is 0.240 e. The van der Waals surface area contributed by atoms with Crippen molar-refractivity contribution in [3.8, 4) is 17.1 Å². The standard InChI is InChI=1S/C23H17N5OS/c1-2-4-18-15(3-1)6-8-21(27-18)28-12-17(13-28)29-23-22(24-9-10-25-23)16-5-7-20-19(11-16)26-14-30-20/h1-11,14,17H,12-13H2. The van der Waals surface area contributed by atoms with Crippen LogP contribution in [0.5, 0.6) is 5.88 Å². The molecule has 0 saturated carbocycles. The first-order valence-electron chi connectivity index (χ1n) is 9.75. The summed E-state index contributed by atoms with van der Waals surface area (Å²) in [5, 5.41) is 1.15. The number of para-hydroxylation sites is 1. The molecular weight excluding hydrogens is 394 g/mol. The molecule has 6 nitrogen and oxygen atoms in total. The SMILES string of the molecule is c1ccc2nc(N3CC(Oc4nccnc4-c4ccc5scnc5c4)C3)ccc2c1. The van der Waals surface area contributed by atoms with Crippen LogP contribution in [0.25, 0.3) is 32.4 Å². The minimum absolute atomic E-state index is 0.0525. The first-order valence-corrected chi connectivity index (χ1v) is 10.6. The Bertz CT molecular complexity index is 1360. The molecule has 0 atom stereocenters. The molecule has 3 aromatic heterocycles. The van der Waals surface area contributed by atoms with Crippen LogP contribution in [-0.4, -0.2) is 39.1 Å². The lowest BCUT2D eigenvalue weighted by molar-refractivity contribution is 0.160. The largest absolute Gasteiger partial charge is 0.469 e. The summed E-state index contributed by atoms with van der Waals surface area (Å²) in [5.74, 6) is 1.53. The van der Waals surface area contributed by atoms with Crippen LogP contribution in [0, 0.1) is 0 Å². The molecule has 1 saturated heterocycles. The highest BCUT2D eigenvalue weighted by atomic mass is 32.1. The normalized spacial score (nSPS) is 14.2. The van der Waals surface area contributed by atoms with E-state index < -0.39 is 0 Å². The zero-order valence-corrected chi connectivity index (χ0v) is 16.8. The van der Waals surface area contributed by atoms with Gasteiger partial charge >= 0.3 is 0 Å². The molecule has 2 aromatic carbocycles. The average Bonchev–Trinajstić information content (AvgIpc) is 3.24. The number of anilines is 1. The van der Waals surface area contributed by atoms with Crippen molar-refractivity contribution in [1.82, 2.24) is 19.9 Å². The van der Waals surface area contributed by atoms with Gasteiger partial charge in [0.05, 0.1) is 34.3 Å². The van der Waals surface area contributed by atoms with Gasteiger partial charge in [-0.25, -0.2) is 19.9 Å². The summed E-state index contributed by atoms with van der Waals surface area (Å²) in [6.45, 7) is 1.54. The van der Waals surface area contributed by atoms with Crippen molar-refractivity contribution in [2.75, 3.05) is 18.0 Å². The molecule has 0 spiro atoms. The molecule has 0 amide bonds. The van der Waals surface area contributed by atoms with Crippen LogP contribution in [0.4, 0.5) is 5.82 Å². The van der Waals surface area contributed by atoms with Crippen LogP contribution in [0.1, 0.15) is 0 Å². The van der Waals surface area contributed by atoms with Gasteiger partial charge in [-0.3, -0.25) is 0 Å². The van der Waals surface area contributed by atoms with E-state index in [9.17, 15) is 0 Å². The van der Waals surface area contributed by atoms with Gasteiger partial charge in [0.1, 0.15) is 17.6 Å². The molecule has 0 unspecified atom stereocenters. The monoisotopic (exact) mass is 411 g/mol. The number of hydrogen-bond acceptors (Lipinski definition) is 7. The number of nitrogens with zero attached hydrogens (tertiary/aromatic N) is 5. The number of rotatable bonds is 4. The van der Waals surface area contributed by atoms with Crippen LogP contribution in [0.2, 0.25) is 0 Å². The van der Waals surface area contributed by atoms with Crippen molar-refractivity contribution < 1.29 is 4.74 Å². The second-order valence-corrected chi connectivity index (χ2v) is 8.14. The van der Waals surface area contributed by atoms with Crippen molar-refractivity contribution in [2.24, 2.45) is 0 Å². The molecule has 6 rings (SSSR count). The molecule has 146 valence electrons. The van der Waals surface area contributed by atoms with Gasteiger partial charge in [0.15, 0.2) is 0 Å². The summed E-state index contributed by atoms with van der Waals surface area (Å²) in [6, 6.07) is 18.5. The Kier molecular flexibility index (Phi) is 4.06. The van der Waals surface area contributed by atoms with E-state index in [-0.39, 0.29) is 6.10 Å². The molecule has 0 radical (unpaired) electrons. The number of fused-ring (bicyclic) bond motifs is 2. The zero-order chi connectivity index (χ0) is 19.9. The highest BCUT2D eigenvalue weighted by molar-refractivity contribution is 7.16. The summed E-state index contributed by atoms with van der Waals surface area (Å²) in [4.78, 5) is 20.4. The van der Waals surface area contributed by atoms with Gasteiger partial charge < -0.3 is 9.64 Å². The number of thiazole rings is 1. The van der Waals surface area contributed by atoms with E-state index in [2.05, 4.69) is 44.1 Å². The van der Waals surface area contributed by atoms with Gasteiger partial charge in [0.25, 0.3) is 0 Å². The molecule has 4 heterocycles. The number of pyridine rings is 1. The van der Waals surface area contributed by atoms with Crippen LogP contribution < -0.4 is 9.64 Å². The van der Waals surface area contributed by atoms with Crippen LogP contribution in [-0.2, 0) is 0 Å². The Morgan fingerprint density at radius 2 is 1.80 bits per heavy atom. The number of ether oxygens (including phenoxy) is 1. The fraction of sp³-hybridized carbons (Fsp3) is 0.130. The van der Waals surface area contributed by atoms with Crippen LogP contribution >= 0.6 is 11.3 Å². The maximum Gasteiger partial charge on any atom is 0.240 e. The highest BCUT2D eigenvalue weighted by Crippen LogP contribution is 2.31. The lowest BCUT2D eigenvalue weighted by Gasteiger charge is -2.39. The van der Waals surface area contributed by atoms with Gasteiger partial charge in [-0.05, 0) is 30.3 Å². The van der Waals surface area contributed by atoms with Crippen molar-refractivity contribution in [1.29, 1.82) is 0 Å². The molecule has 7 heteroatoms. The third-order valence-corrected chi connectivity index (χ3v) is 6.11. The topological polar surface area (TPSA) is 64.0 Å². The molecular formula is C23H17N5OS. The predicted octanol–water partition coefficient (Wildman–Crippen LogP) is 4.57. The van der Waals surface area contributed by atoms with E-state index >= 15 is 0 Å². The summed E-state index contributed by atoms with van der Waals surface area (Å²) in [5.41, 5.74) is 5.53. The molecule has 30 heavy (non-hydrogen) atoms. The van der Waals surface area contributed by atoms with E-state index in [0.717, 1.165) is 51.3 Å². The maximum absolute atomic E-state index is 6.21. The first-order chi connectivity index (χ1) is 14.8. The Morgan fingerprint density at radius 3 is 2.77 bits per heavy atom. The number of benzene rings is 2. The Labute approximate surface area is 176 Å². The summed E-state index contributed by atoms with van der Waals surface area (Å²) in [7, 11) is 0. The Balaban J connectivity index is 1.21. The maximum atomic E-state index is 6.21. The zero-order valence-electron chi connectivity index (χ0n) is 16.0. The summed E-state index contributed by atoms with van der Waals surface area (Å²) in [6.07, 6.45) is 3.41. The Morgan fingerprint density at radius 1 is 0.900 bits per heavy atom. The number of hydrogen-bond donors (Lipinski definition) is 0. The van der Waals surface area contributed by atoms with Crippen molar-refractivity contribution in [3.63, 3.8) is 0 Å². The second kappa shape index (κ2) is 7.03. The molecule has 1 aliphatic rings. The lowest BCUT2D eigenvalue weighted by atomic mass is 10.1. The average molecular weight is 411 g/mol.